The maximum absolute atomic E-state index is 5.81. The van der Waals surface area contributed by atoms with Crippen molar-refractivity contribution in [2.75, 3.05) is 25.4 Å². The SMILES string of the molecule is CC1CN(CC2(CS)CCCCC2)CC(C)O1. The van der Waals surface area contributed by atoms with Gasteiger partial charge in [0.25, 0.3) is 0 Å². The molecule has 0 amide bonds. The van der Waals surface area contributed by atoms with Crippen molar-refractivity contribution in [3.05, 3.63) is 0 Å². The minimum Gasteiger partial charge on any atom is -0.373 e. The zero-order valence-corrected chi connectivity index (χ0v) is 12.2. The van der Waals surface area contributed by atoms with Crippen molar-refractivity contribution in [3.63, 3.8) is 0 Å². The monoisotopic (exact) mass is 257 g/mol. The van der Waals surface area contributed by atoms with Crippen molar-refractivity contribution in [2.45, 2.75) is 58.2 Å². The maximum atomic E-state index is 5.81. The molecule has 0 N–H and O–H groups in total. The molecule has 2 aliphatic rings. The van der Waals surface area contributed by atoms with Crippen molar-refractivity contribution < 1.29 is 4.74 Å². The fourth-order valence-electron chi connectivity index (χ4n) is 3.56. The summed E-state index contributed by atoms with van der Waals surface area (Å²) < 4.78 is 5.81. The van der Waals surface area contributed by atoms with Gasteiger partial charge in [-0.05, 0) is 37.9 Å². The maximum Gasteiger partial charge on any atom is 0.0678 e. The predicted octanol–water partition coefficient (Wildman–Crippen LogP) is 2.98. The number of thiol groups is 1. The first-order chi connectivity index (χ1) is 8.13. The first-order valence-corrected chi connectivity index (χ1v) is 7.75. The number of nitrogens with zero attached hydrogens (tertiary/aromatic N) is 1. The van der Waals surface area contributed by atoms with Gasteiger partial charge in [0, 0.05) is 19.6 Å². The highest BCUT2D eigenvalue weighted by molar-refractivity contribution is 7.80. The summed E-state index contributed by atoms with van der Waals surface area (Å²) in [5.41, 5.74) is 0.484. The number of ether oxygens (including phenoxy) is 1. The molecular formula is C14H27NOS. The number of hydrogen-bond acceptors (Lipinski definition) is 3. The summed E-state index contributed by atoms with van der Waals surface area (Å²) in [6, 6.07) is 0. The highest BCUT2D eigenvalue weighted by Crippen LogP contribution is 2.38. The Morgan fingerprint density at radius 1 is 1.12 bits per heavy atom. The van der Waals surface area contributed by atoms with E-state index in [0.29, 0.717) is 17.6 Å². The average molecular weight is 257 g/mol. The van der Waals surface area contributed by atoms with Crippen molar-refractivity contribution in [3.8, 4) is 0 Å². The number of morpholine rings is 1. The summed E-state index contributed by atoms with van der Waals surface area (Å²) in [7, 11) is 0. The predicted molar refractivity (Wildman–Crippen MR) is 75.8 cm³/mol. The molecule has 2 rings (SSSR count). The fourth-order valence-corrected chi connectivity index (χ4v) is 3.97. The van der Waals surface area contributed by atoms with E-state index in [4.69, 9.17) is 4.74 Å². The first kappa shape index (κ1) is 13.7. The second kappa shape index (κ2) is 5.94. The van der Waals surface area contributed by atoms with Gasteiger partial charge in [0.05, 0.1) is 12.2 Å². The van der Waals surface area contributed by atoms with E-state index in [1.165, 1.54) is 38.6 Å². The fraction of sp³-hybridized carbons (Fsp3) is 1.00. The first-order valence-electron chi connectivity index (χ1n) is 7.12. The summed E-state index contributed by atoms with van der Waals surface area (Å²) in [4.78, 5) is 2.61. The van der Waals surface area contributed by atoms with Crippen LogP contribution in [-0.2, 0) is 4.74 Å². The van der Waals surface area contributed by atoms with Gasteiger partial charge in [-0.15, -0.1) is 0 Å². The highest BCUT2D eigenvalue weighted by Gasteiger charge is 2.34. The molecule has 1 saturated carbocycles. The Labute approximate surface area is 112 Å². The molecule has 1 heterocycles. The van der Waals surface area contributed by atoms with Crippen LogP contribution in [0.3, 0.4) is 0 Å². The van der Waals surface area contributed by atoms with E-state index < -0.39 is 0 Å². The van der Waals surface area contributed by atoms with Gasteiger partial charge in [-0.3, -0.25) is 4.90 Å². The van der Waals surface area contributed by atoms with Crippen LogP contribution in [0, 0.1) is 5.41 Å². The van der Waals surface area contributed by atoms with Gasteiger partial charge >= 0.3 is 0 Å². The lowest BCUT2D eigenvalue weighted by Crippen LogP contribution is -2.50. The van der Waals surface area contributed by atoms with Crippen LogP contribution in [0.25, 0.3) is 0 Å². The smallest absolute Gasteiger partial charge is 0.0678 e. The molecule has 2 fully saturated rings. The van der Waals surface area contributed by atoms with E-state index in [0.717, 1.165) is 18.8 Å². The lowest BCUT2D eigenvalue weighted by Gasteiger charge is -2.44. The third-order valence-corrected chi connectivity index (χ3v) is 4.97. The summed E-state index contributed by atoms with van der Waals surface area (Å²) in [5.74, 6) is 1.05. The normalized spacial score (nSPS) is 34.8. The molecule has 0 radical (unpaired) electrons. The Morgan fingerprint density at radius 2 is 1.71 bits per heavy atom. The lowest BCUT2D eigenvalue weighted by molar-refractivity contribution is -0.0785. The van der Waals surface area contributed by atoms with Crippen molar-refractivity contribution >= 4 is 12.6 Å². The zero-order chi connectivity index (χ0) is 12.3. The third-order valence-electron chi connectivity index (χ3n) is 4.30. The Hall–Kier alpha value is 0.270. The second-order valence-corrected chi connectivity index (χ2v) is 6.49. The molecule has 0 aromatic carbocycles. The second-order valence-electron chi connectivity index (χ2n) is 6.17. The molecule has 2 nitrogen and oxygen atoms in total. The molecule has 0 aromatic heterocycles. The summed E-state index contributed by atoms with van der Waals surface area (Å²) in [6.07, 6.45) is 7.74. The van der Waals surface area contributed by atoms with Crippen LogP contribution >= 0.6 is 12.6 Å². The van der Waals surface area contributed by atoms with E-state index in [1.807, 2.05) is 0 Å². The Morgan fingerprint density at radius 3 is 2.24 bits per heavy atom. The van der Waals surface area contributed by atoms with Gasteiger partial charge in [-0.25, -0.2) is 0 Å². The highest BCUT2D eigenvalue weighted by atomic mass is 32.1. The molecular weight excluding hydrogens is 230 g/mol. The largest absolute Gasteiger partial charge is 0.373 e. The van der Waals surface area contributed by atoms with Crippen LogP contribution in [0.5, 0.6) is 0 Å². The van der Waals surface area contributed by atoms with Crippen molar-refractivity contribution in [1.29, 1.82) is 0 Å². The Kier molecular flexibility index (Phi) is 4.79. The molecule has 17 heavy (non-hydrogen) atoms. The average Bonchev–Trinajstić information content (AvgIpc) is 2.29. The van der Waals surface area contributed by atoms with Gasteiger partial charge in [-0.2, -0.15) is 12.6 Å². The number of hydrogen-bond donors (Lipinski definition) is 1. The third kappa shape index (κ3) is 3.62. The van der Waals surface area contributed by atoms with Gasteiger partial charge in [0.2, 0.25) is 0 Å². The van der Waals surface area contributed by atoms with E-state index in [2.05, 4.69) is 31.4 Å². The van der Waals surface area contributed by atoms with Crippen molar-refractivity contribution in [2.24, 2.45) is 5.41 Å². The van der Waals surface area contributed by atoms with Gasteiger partial charge in [-0.1, -0.05) is 19.3 Å². The summed E-state index contributed by atoms with van der Waals surface area (Å²) >= 11 is 4.64. The minimum absolute atomic E-state index is 0.388. The van der Waals surface area contributed by atoms with E-state index in [9.17, 15) is 0 Å². The zero-order valence-electron chi connectivity index (χ0n) is 11.3. The van der Waals surface area contributed by atoms with E-state index >= 15 is 0 Å². The summed E-state index contributed by atoms with van der Waals surface area (Å²) in [5, 5.41) is 0. The van der Waals surface area contributed by atoms with Crippen LogP contribution in [0.15, 0.2) is 0 Å². The minimum atomic E-state index is 0.388. The van der Waals surface area contributed by atoms with Gasteiger partial charge < -0.3 is 4.74 Å². The summed E-state index contributed by atoms with van der Waals surface area (Å²) in [6.45, 7) is 7.81. The molecule has 0 aromatic rings. The van der Waals surface area contributed by atoms with Crippen LogP contribution in [0.4, 0.5) is 0 Å². The molecule has 100 valence electrons. The van der Waals surface area contributed by atoms with Crippen LogP contribution < -0.4 is 0 Å². The number of rotatable bonds is 3. The lowest BCUT2D eigenvalue weighted by atomic mass is 9.75. The van der Waals surface area contributed by atoms with Crippen LogP contribution in [-0.4, -0.2) is 42.5 Å². The molecule has 2 atom stereocenters. The molecule has 2 unspecified atom stereocenters. The van der Waals surface area contributed by atoms with Crippen LogP contribution in [0.1, 0.15) is 46.0 Å². The van der Waals surface area contributed by atoms with Crippen molar-refractivity contribution in [1.82, 2.24) is 4.90 Å². The van der Waals surface area contributed by atoms with Gasteiger partial charge in [0.15, 0.2) is 0 Å². The topological polar surface area (TPSA) is 12.5 Å². The molecule has 0 spiro atoms. The quantitative estimate of drug-likeness (QED) is 0.780. The Bertz CT molecular complexity index is 230. The van der Waals surface area contributed by atoms with E-state index in [-0.39, 0.29) is 0 Å². The molecule has 1 aliphatic heterocycles. The molecule has 1 saturated heterocycles. The van der Waals surface area contributed by atoms with Gasteiger partial charge in [0.1, 0.15) is 0 Å². The Balaban J connectivity index is 1.93. The van der Waals surface area contributed by atoms with Crippen LogP contribution in [0.2, 0.25) is 0 Å². The molecule has 3 heteroatoms. The molecule has 0 bridgehead atoms. The molecule has 1 aliphatic carbocycles. The van der Waals surface area contributed by atoms with E-state index in [1.54, 1.807) is 0 Å². The standard InChI is InChI=1S/C14H27NOS/c1-12-8-15(9-13(2)16-12)10-14(11-17)6-4-3-5-7-14/h12-13,17H,3-11H2,1-2H3.